The summed E-state index contributed by atoms with van der Waals surface area (Å²) in [5.74, 6) is 1.57. The average molecular weight is 349 g/mol. The number of carbonyl (C=O) groups is 1. The van der Waals surface area contributed by atoms with Crippen molar-refractivity contribution >= 4 is 12.0 Å². The molecule has 4 N–H and O–H groups in total. The zero-order chi connectivity index (χ0) is 17.4. The molecule has 3 unspecified atom stereocenters. The molecule has 2 aliphatic carbocycles. The number of guanidine groups is 1. The van der Waals surface area contributed by atoms with Crippen molar-refractivity contribution in [1.29, 1.82) is 0 Å². The number of nitrogens with one attached hydrogen (secondary N) is 2. The molecular formula is C18H31N5O2. The van der Waals surface area contributed by atoms with Crippen molar-refractivity contribution in [3.8, 4) is 0 Å². The van der Waals surface area contributed by atoms with E-state index in [0.717, 1.165) is 45.0 Å². The Hall–Kier alpha value is -1.50. The zero-order valence-corrected chi connectivity index (χ0v) is 15.2. The van der Waals surface area contributed by atoms with Crippen LogP contribution in [0.25, 0.3) is 0 Å². The summed E-state index contributed by atoms with van der Waals surface area (Å²) < 4.78 is 6.02. The molecule has 0 bridgehead atoms. The Bertz CT molecular complexity index is 540. The molecule has 4 aliphatic rings. The number of likely N-dealkylation sites (tertiary alicyclic amines) is 1. The zero-order valence-electron chi connectivity index (χ0n) is 15.2. The van der Waals surface area contributed by atoms with Gasteiger partial charge in [-0.2, -0.15) is 0 Å². The van der Waals surface area contributed by atoms with Gasteiger partial charge in [-0.1, -0.05) is 6.42 Å². The molecule has 2 heterocycles. The molecule has 7 heteroatoms. The minimum Gasteiger partial charge on any atom is -0.377 e. The first kappa shape index (κ1) is 16.9. The van der Waals surface area contributed by atoms with Gasteiger partial charge in [0.05, 0.1) is 6.10 Å². The SMILES string of the molecule is CCN=C(NC1CCN(C(N)=O)CC1)NC1C2CCOC2C12CCC2. The molecule has 0 radical (unpaired) electrons. The number of rotatable bonds is 3. The first-order valence-electron chi connectivity index (χ1n) is 9.87. The molecule has 2 aliphatic heterocycles. The van der Waals surface area contributed by atoms with Crippen LogP contribution in [0.15, 0.2) is 4.99 Å². The minimum atomic E-state index is -0.312. The first-order valence-corrected chi connectivity index (χ1v) is 9.87. The number of aliphatic imine (C=N–C) groups is 1. The van der Waals surface area contributed by atoms with E-state index in [1.165, 1.54) is 25.7 Å². The van der Waals surface area contributed by atoms with E-state index in [2.05, 4.69) is 22.5 Å². The van der Waals surface area contributed by atoms with E-state index in [-0.39, 0.29) is 6.03 Å². The van der Waals surface area contributed by atoms with Crippen LogP contribution < -0.4 is 16.4 Å². The number of amides is 2. The summed E-state index contributed by atoms with van der Waals surface area (Å²) in [6.45, 7) is 5.19. The number of primary amides is 1. The Labute approximate surface area is 149 Å². The smallest absolute Gasteiger partial charge is 0.314 e. The average Bonchev–Trinajstić information content (AvgIpc) is 2.97. The molecule has 2 amide bonds. The third-order valence-corrected chi connectivity index (χ3v) is 6.79. The topological polar surface area (TPSA) is 92.0 Å². The molecule has 25 heavy (non-hydrogen) atoms. The van der Waals surface area contributed by atoms with Crippen molar-refractivity contribution in [3.05, 3.63) is 0 Å². The van der Waals surface area contributed by atoms with Crippen molar-refractivity contribution in [1.82, 2.24) is 15.5 Å². The quantitative estimate of drug-likeness (QED) is 0.524. The summed E-state index contributed by atoms with van der Waals surface area (Å²) >= 11 is 0. The fourth-order valence-electron chi connectivity index (χ4n) is 5.33. The van der Waals surface area contributed by atoms with Gasteiger partial charge in [0.2, 0.25) is 0 Å². The molecule has 0 aromatic carbocycles. The third kappa shape index (κ3) is 2.86. The van der Waals surface area contributed by atoms with Crippen molar-refractivity contribution in [2.45, 2.75) is 63.6 Å². The Balaban J connectivity index is 1.36. The Kier molecular flexibility index (Phi) is 4.52. The number of piperidine rings is 1. The highest BCUT2D eigenvalue weighted by Gasteiger charge is 2.66. The molecule has 3 atom stereocenters. The largest absolute Gasteiger partial charge is 0.377 e. The molecule has 4 rings (SSSR count). The van der Waals surface area contributed by atoms with Crippen LogP contribution in [0.4, 0.5) is 4.79 Å². The van der Waals surface area contributed by atoms with E-state index >= 15 is 0 Å². The minimum absolute atomic E-state index is 0.312. The van der Waals surface area contributed by atoms with E-state index in [9.17, 15) is 4.79 Å². The van der Waals surface area contributed by atoms with Gasteiger partial charge in [0.15, 0.2) is 5.96 Å². The van der Waals surface area contributed by atoms with Crippen molar-refractivity contribution in [2.75, 3.05) is 26.2 Å². The molecule has 0 aromatic heterocycles. The van der Waals surface area contributed by atoms with Crippen LogP contribution in [0.2, 0.25) is 0 Å². The van der Waals surface area contributed by atoms with Gasteiger partial charge in [-0.15, -0.1) is 0 Å². The lowest BCUT2D eigenvalue weighted by Gasteiger charge is -2.63. The highest BCUT2D eigenvalue weighted by Crippen LogP contribution is 2.62. The van der Waals surface area contributed by atoms with Gasteiger partial charge >= 0.3 is 6.03 Å². The van der Waals surface area contributed by atoms with E-state index in [1.54, 1.807) is 4.90 Å². The number of nitrogens with two attached hydrogens (primary N) is 1. The van der Waals surface area contributed by atoms with Gasteiger partial charge in [0, 0.05) is 49.7 Å². The van der Waals surface area contributed by atoms with Crippen molar-refractivity contribution in [2.24, 2.45) is 22.1 Å². The predicted molar refractivity (Wildman–Crippen MR) is 96.3 cm³/mol. The highest BCUT2D eigenvalue weighted by atomic mass is 16.5. The number of fused-ring (bicyclic) bond motifs is 2. The van der Waals surface area contributed by atoms with E-state index in [0.29, 0.717) is 29.5 Å². The van der Waals surface area contributed by atoms with E-state index in [1.807, 2.05) is 0 Å². The maximum Gasteiger partial charge on any atom is 0.314 e. The van der Waals surface area contributed by atoms with Gasteiger partial charge in [-0.05, 0) is 39.0 Å². The fourth-order valence-corrected chi connectivity index (χ4v) is 5.33. The van der Waals surface area contributed by atoms with Crippen LogP contribution in [0.3, 0.4) is 0 Å². The van der Waals surface area contributed by atoms with E-state index in [4.69, 9.17) is 10.5 Å². The van der Waals surface area contributed by atoms with Crippen LogP contribution in [-0.4, -0.2) is 61.3 Å². The molecule has 2 saturated heterocycles. The maximum atomic E-state index is 11.3. The number of urea groups is 1. The second kappa shape index (κ2) is 6.67. The molecule has 2 saturated carbocycles. The summed E-state index contributed by atoms with van der Waals surface area (Å²) in [5.41, 5.74) is 5.73. The van der Waals surface area contributed by atoms with Gasteiger partial charge in [0.1, 0.15) is 0 Å². The lowest BCUT2D eigenvalue weighted by molar-refractivity contribution is -0.171. The molecule has 0 aromatic rings. The lowest BCUT2D eigenvalue weighted by Crippen LogP contribution is -2.72. The van der Waals surface area contributed by atoms with Gasteiger partial charge in [0.25, 0.3) is 0 Å². The number of hydrogen-bond acceptors (Lipinski definition) is 3. The van der Waals surface area contributed by atoms with Crippen LogP contribution in [0, 0.1) is 11.3 Å². The normalized spacial score (nSPS) is 34.2. The van der Waals surface area contributed by atoms with Crippen LogP contribution >= 0.6 is 0 Å². The van der Waals surface area contributed by atoms with Crippen LogP contribution in [0.1, 0.15) is 45.4 Å². The predicted octanol–water partition coefficient (Wildman–Crippen LogP) is 1.04. The van der Waals surface area contributed by atoms with Crippen LogP contribution in [-0.2, 0) is 4.74 Å². The molecule has 140 valence electrons. The second-order valence-corrected chi connectivity index (χ2v) is 8.02. The van der Waals surface area contributed by atoms with Gasteiger partial charge in [-0.25, -0.2) is 4.79 Å². The van der Waals surface area contributed by atoms with Gasteiger partial charge < -0.3 is 26.0 Å². The summed E-state index contributed by atoms with van der Waals surface area (Å²) in [7, 11) is 0. The van der Waals surface area contributed by atoms with Crippen molar-refractivity contribution in [3.63, 3.8) is 0 Å². The fraction of sp³-hybridized carbons (Fsp3) is 0.889. The van der Waals surface area contributed by atoms with E-state index < -0.39 is 0 Å². The highest BCUT2D eigenvalue weighted by molar-refractivity contribution is 5.81. The molecule has 4 fully saturated rings. The monoisotopic (exact) mass is 349 g/mol. The standard InChI is InChI=1S/C18H31N5O2/c1-2-20-17(21-12-4-9-23(10-5-12)16(19)24)22-14-13-6-11-25-15(13)18(14)7-3-8-18/h12-15H,2-11H2,1H3,(H2,19,24)(H2,20,21,22). The number of ether oxygens (including phenoxy) is 1. The number of hydrogen-bond donors (Lipinski definition) is 3. The molecule has 7 nitrogen and oxygen atoms in total. The summed E-state index contributed by atoms with van der Waals surface area (Å²) in [6.07, 6.45) is 7.35. The van der Waals surface area contributed by atoms with Gasteiger partial charge in [-0.3, -0.25) is 4.99 Å². The Morgan fingerprint density at radius 2 is 2.04 bits per heavy atom. The number of carbonyl (C=O) groups excluding carboxylic acids is 1. The summed E-state index contributed by atoms with van der Waals surface area (Å²) in [6, 6.07) is 0.534. The van der Waals surface area contributed by atoms with Crippen LogP contribution in [0.5, 0.6) is 0 Å². The maximum absolute atomic E-state index is 11.3. The number of nitrogens with zero attached hydrogens (tertiary/aromatic N) is 2. The molecular weight excluding hydrogens is 318 g/mol. The third-order valence-electron chi connectivity index (χ3n) is 6.79. The summed E-state index contributed by atoms with van der Waals surface area (Å²) in [4.78, 5) is 17.7. The lowest BCUT2D eigenvalue weighted by atomic mass is 9.46. The Morgan fingerprint density at radius 1 is 1.28 bits per heavy atom. The first-order chi connectivity index (χ1) is 12.1. The second-order valence-electron chi connectivity index (χ2n) is 8.02. The Morgan fingerprint density at radius 3 is 2.64 bits per heavy atom. The summed E-state index contributed by atoms with van der Waals surface area (Å²) in [5, 5.41) is 7.35. The van der Waals surface area contributed by atoms with Crippen molar-refractivity contribution < 1.29 is 9.53 Å². The molecule has 1 spiro atoms.